The van der Waals surface area contributed by atoms with Crippen LogP contribution in [0.25, 0.3) is 0 Å². The zero-order valence-corrected chi connectivity index (χ0v) is 9.66. The molecule has 0 aromatic heterocycles. The Hall–Kier alpha value is -1.55. The third-order valence-electron chi connectivity index (χ3n) is 3.12. The second-order valence-electron chi connectivity index (χ2n) is 4.67. The third-order valence-corrected chi connectivity index (χ3v) is 3.12. The summed E-state index contributed by atoms with van der Waals surface area (Å²) in [6.45, 7) is 1.73. The van der Waals surface area contributed by atoms with E-state index in [9.17, 15) is 4.79 Å². The highest BCUT2D eigenvalue weighted by Crippen LogP contribution is 2.23. The highest BCUT2D eigenvalue weighted by molar-refractivity contribution is 5.81. The Morgan fingerprint density at radius 1 is 1.29 bits per heavy atom. The van der Waals surface area contributed by atoms with Gasteiger partial charge in [-0.3, -0.25) is 4.79 Å². The molecule has 1 saturated carbocycles. The van der Waals surface area contributed by atoms with Crippen LogP contribution in [0.3, 0.4) is 0 Å². The monoisotopic (exact) mass is 232 g/mol. The van der Waals surface area contributed by atoms with Gasteiger partial charge in [0.25, 0.3) is 0 Å². The van der Waals surface area contributed by atoms with Crippen molar-refractivity contribution in [2.75, 3.05) is 11.9 Å². The van der Waals surface area contributed by atoms with Crippen molar-refractivity contribution >= 4 is 11.6 Å². The Morgan fingerprint density at radius 3 is 2.94 bits per heavy atom. The number of carbonyl (C=O) groups is 1. The summed E-state index contributed by atoms with van der Waals surface area (Å²) in [5.41, 5.74) is 3.45. The van der Waals surface area contributed by atoms with E-state index in [-0.39, 0.29) is 5.91 Å². The van der Waals surface area contributed by atoms with Crippen molar-refractivity contribution in [1.82, 2.24) is 5.32 Å². The van der Waals surface area contributed by atoms with Crippen LogP contribution in [0.1, 0.15) is 24.0 Å². The zero-order valence-electron chi connectivity index (χ0n) is 9.66. The summed E-state index contributed by atoms with van der Waals surface area (Å²) in [5, 5.41) is 6.09. The Kier molecular flexibility index (Phi) is 2.73. The van der Waals surface area contributed by atoms with Crippen LogP contribution in [0.15, 0.2) is 18.2 Å². The Morgan fingerprint density at radius 2 is 2.12 bits per heavy atom. The number of hydrogen-bond donors (Lipinski definition) is 2. The molecule has 1 heterocycles. The van der Waals surface area contributed by atoms with E-state index in [1.54, 1.807) is 0 Å². The molecule has 2 N–H and O–H groups in total. The van der Waals surface area contributed by atoms with E-state index in [0.717, 1.165) is 18.5 Å². The molecular weight excluding hydrogens is 216 g/mol. The van der Waals surface area contributed by atoms with Gasteiger partial charge >= 0.3 is 0 Å². The second kappa shape index (κ2) is 4.37. The van der Waals surface area contributed by atoms with Crippen LogP contribution >= 0.6 is 0 Å². The van der Waals surface area contributed by atoms with Crippen LogP contribution in [0.4, 0.5) is 5.69 Å². The lowest BCUT2D eigenvalue weighted by molar-refractivity contribution is -0.119. The Labute approximate surface area is 100 Å². The van der Waals surface area contributed by atoms with Crippen LogP contribution < -0.4 is 10.6 Å². The van der Waals surface area contributed by atoms with E-state index in [1.165, 1.54) is 11.1 Å². The topological polar surface area (TPSA) is 50.4 Å². The van der Waals surface area contributed by atoms with Gasteiger partial charge in [-0.2, -0.15) is 0 Å². The number of nitrogens with one attached hydrogen (secondary N) is 2. The molecule has 0 atom stereocenters. The highest BCUT2D eigenvalue weighted by Gasteiger charge is 2.22. The number of rotatable bonds is 4. The number of benzene rings is 1. The van der Waals surface area contributed by atoms with Crippen molar-refractivity contribution in [3.8, 4) is 0 Å². The number of anilines is 1. The molecule has 2 aliphatic rings. The van der Waals surface area contributed by atoms with Gasteiger partial charge in [0.1, 0.15) is 0 Å². The largest absolute Gasteiger partial charge is 0.376 e. The number of amides is 1. The number of fused-ring (bicyclic) bond motifs is 1. The molecule has 17 heavy (non-hydrogen) atoms. The molecule has 0 bridgehead atoms. The summed E-state index contributed by atoms with van der Waals surface area (Å²) >= 11 is 0. The molecule has 1 aliphatic carbocycles. The van der Waals surface area contributed by atoms with Gasteiger partial charge in [0.15, 0.2) is 0 Å². The van der Waals surface area contributed by atoms with Gasteiger partial charge in [-0.15, -0.1) is 0 Å². The first-order valence-electron chi connectivity index (χ1n) is 6.04. The second-order valence-corrected chi connectivity index (χ2v) is 4.67. The van der Waals surface area contributed by atoms with E-state index in [0.29, 0.717) is 25.8 Å². The predicted molar refractivity (Wildman–Crippen MR) is 64.6 cm³/mol. The van der Waals surface area contributed by atoms with Crippen LogP contribution in [0, 0.1) is 0 Å². The summed E-state index contributed by atoms with van der Waals surface area (Å²) in [6.07, 6.45) is 2.25. The molecule has 1 amide bonds. The van der Waals surface area contributed by atoms with Gasteiger partial charge in [-0.1, -0.05) is 6.07 Å². The molecule has 4 nitrogen and oxygen atoms in total. The molecular formula is C13H16N2O2. The summed E-state index contributed by atoms with van der Waals surface area (Å²) in [5.74, 6) is 0.0734. The molecule has 0 radical (unpaired) electrons. The van der Waals surface area contributed by atoms with Gasteiger partial charge in [0.05, 0.1) is 19.8 Å². The first-order valence-corrected chi connectivity index (χ1v) is 6.04. The van der Waals surface area contributed by atoms with Gasteiger partial charge in [0.2, 0.25) is 5.91 Å². The van der Waals surface area contributed by atoms with Crippen molar-refractivity contribution in [3.63, 3.8) is 0 Å². The summed E-state index contributed by atoms with van der Waals surface area (Å²) < 4.78 is 5.35. The van der Waals surface area contributed by atoms with Crippen LogP contribution in [0.5, 0.6) is 0 Å². The molecule has 0 spiro atoms. The first kappa shape index (κ1) is 10.6. The first-order chi connectivity index (χ1) is 8.31. The van der Waals surface area contributed by atoms with E-state index in [2.05, 4.69) is 22.8 Å². The van der Waals surface area contributed by atoms with E-state index < -0.39 is 0 Å². The molecule has 1 aromatic rings. The quantitative estimate of drug-likeness (QED) is 0.825. The molecule has 1 fully saturated rings. The maximum absolute atomic E-state index is 11.5. The Bertz CT molecular complexity index is 441. The standard InChI is InChI=1S/C13H16N2O2/c16-13(15-11-3-4-11)6-14-12-2-1-9-7-17-8-10(9)5-12/h1-2,5,11,14H,3-4,6-8H2,(H,15,16). The third kappa shape index (κ3) is 2.58. The van der Waals surface area contributed by atoms with Crippen molar-refractivity contribution in [2.45, 2.75) is 32.1 Å². The SMILES string of the molecule is O=C(CNc1ccc2c(c1)COC2)NC1CC1. The summed E-state index contributed by atoms with van der Waals surface area (Å²) in [6, 6.07) is 6.55. The molecule has 0 unspecified atom stereocenters. The van der Waals surface area contributed by atoms with Gasteiger partial charge < -0.3 is 15.4 Å². The average Bonchev–Trinajstić information content (AvgIpc) is 3.01. The lowest BCUT2D eigenvalue weighted by atomic mass is 10.1. The minimum Gasteiger partial charge on any atom is -0.376 e. The smallest absolute Gasteiger partial charge is 0.239 e. The van der Waals surface area contributed by atoms with Crippen molar-refractivity contribution in [2.24, 2.45) is 0 Å². The zero-order chi connectivity index (χ0) is 11.7. The van der Waals surface area contributed by atoms with E-state index in [1.807, 2.05) is 6.07 Å². The Balaban J connectivity index is 1.55. The maximum atomic E-state index is 11.5. The molecule has 1 aliphatic heterocycles. The van der Waals surface area contributed by atoms with E-state index in [4.69, 9.17) is 4.74 Å². The minimum absolute atomic E-state index is 0.0734. The van der Waals surface area contributed by atoms with Crippen molar-refractivity contribution in [1.29, 1.82) is 0 Å². The summed E-state index contributed by atoms with van der Waals surface area (Å²) in [7, 11) is 0. The predicted octanol–water partition coefficient (Wildman–Crippen LogP) is 1.41. The molecule has 3 rings (SSSR count). The van der Waals surface area contributed by atoms with Gasteiger partial charge in [-0.05, 0) is 36.1 Å². The molecule has 4 heteroatoms. The van der Waals surface area contributed by atoms with Gasteiger partial charge in [0, 0.05) is 11.7 Å². The van der Waals surface area contributed by atoms with Crippen LogP contribution in [0.2, 0.25) is 0 Å². The fourth-order valence-electron chi connectivity index (χ4n) is 1.97. The normalized spacial score (nSPS) is 17.6. The summed E-state index contributed by atoms with van der Waals surface area (Å²) in [4.78, 5) is 11.5. The highest BCUT2D eigenvalue weighted by atomic mass is 16.5. The van der Waals surface area contributed by atoms with Crippen LogP contribution in [-0.4, -0.2) is 18.5 Å². The van der Waals surface area contributed by atoms with E-state index >= 15 is 0 Å². The van der Waals surface area contributed by atoms with Gasteiger partial charge in [-0.25, -0.2) is 0 Å². The molecule has 1 aromatic carbocycles. The number of ether oxygens (including phenoxy) is 1. The lowest BCUT2D eigenvalue weighted by Gasteiger charge is -2.08. The van der Waals surface area contributed by atoms with Crippen molar-refractivity contribution < 1.29 is 9.53 Å². The molecule has 0 saturated heterocycles. The van der Waals surface area contributed by atoms with Crippen molar-refractivity contribution in [3.05, 3.63) is 29.3 Å². The number of carbonyl (C=O) groups excluding carboxylic acids is 1. The minimum atomic E-state index is 0.0734. The lowest BCUT2D eigenvalue weighted by Crippen LogP contribution is -2.31. The van der Waals surface area contributed by atoms with Crippen LogP contribution in [-0.2, 0) is 22.7 Å². The fraction of sp³-hybridized carbons (Fsp3) is 0.462. The fourth-order valence-corrected chi connectivity index (χ4v) is 1.97. The maximum Gasteiger partial charge on any atom is 0.239 e. The number of hydrogen-bond acceptors (Lipinski definition) is 3. The molecule has 90 valence electrons. The average molecular weight is 232 g/mol.